The normalized spacial score (nSPS) is 14.8. The van der Waals surface area contributed by atoms with Gasteiger partial charge in [0.15, 0.2) is 14.7 Å². The highest BCUT2D eigenvalue weighted by molar-refractivity contribution is 7.97. The maximum Gasteiger partial charge on any atom is 0.432 e. The van der Waals surface area contributed by atoms with Crippen molar-refractivity contribution < 1.29 is 39.7 Å². The van der Waals surface area contributed by atoms with Crippen molar-refractivity contribution in [2.75, 3.05) is 0 Å². The van der Waals surface area contributed by atoms with Crippen LogP contribution in [0.1, 0.15) is 31.9 Å². The van der Waals surface area contributed by atoms with E-state index in [0.717, 1.165) is 33.1 Å². The number of hydrogen-bond donors (Lipinski definition) is 1. The Morgan fingerprint density at radius 2 is 1.16 bits per heavy atom. The Balaban J connectivity index is 2.01. The minimum absolute atomic E-state index is 0.0703. The second-order valence-electron chi connectivity index (χ2n) is 9.44. The van der Waals surface area contributed by atoms with Gasteiger partial charge in [-0.1, -0.05) is 50.6 Å². The molecular weight excluding hydrogens is 535 g/mol. The van der Waals surface area contributed by atoms with E-state index in [1.165, 1.54) is 12.1 Å². The lowest BCUT2D eigenvalue weighted by atomic mass is 9.87. The van der Waals surface area contributed by atoms with Crippen LogP contribution in [0.2, 0.25) is 0 Å². The van der Waals surface area contributed by atoms with Gasteiger partial charge in [-0.05, 0) is 66.4 Å². The maximum atomic E-state index is 13.9. The van der Waals surface area contributed by atoms with Crippen LogP contribution in [-0.4, -0.2) is 30.5 Å². The zero-order chi connectivity index (χ0) is 27.8. The molecule has 0 aliphatic rings. The number of ether oxygens (including phenoxy) is 1. The predicted molar refractivity (Wildman–Crippen MR) is 132 cm³/mol. The van der Waals surface area contributed by atoms with Gasteiger partial charge >= 0.3 is 21.5 Å². The lowest BCUT2D eigenvalue weighted by molar-refractivity contribution is -0.239. The molecule has 0 heterocycles. The molecule has 0 spiro atoms. The van der Waals surface area contributed by atoms with Crippen LogP contribution in [0.5, 0.6) is 5.75 Å². The van der Waals surface area contributed by atoms with E-state index in [1.54, 1.807) is 0 Å². The fourth-order valence-corrected chi connectivity index (χ4v) is 5.92. The summed E-state index contributed by atoms with van der Waals surface area (Å²) in [7, 11) is -7.08. The highest BCUT2D eigenvalue weighted by atomic mass is 32.2. The van der Waals surface area contributed by atoms with E-state index in [2.05, 4.69) is 25.5 Å². The topological polar surface area (TPSA) is 63.6 Å². The molecular formula is C26H26F5O4S2+. The number of aryl methyl sites for hydroxylation is 1. The second kappa shape index (κ2) is 10.3. The van der Waals surface area contributed by atoms with Gasteiger partial charge in [-0.25, -0.2) is 0 Å². The van der Waals surface area contributed by atoms with Crippen LogP contribution in [0.25, 0.3) is 0 Å². The van der Waals surface area contributed by atoms with Gasteiger partial charge in [0.2, 0.25) is 0 Å². The van der Waals surface area contributed by atoms with Crippen molar-refractivity contribution in [1.29, 1.82) is 0 Å². The molecule has 0 bridgehead atoms. The Morgan fingerprint density at radius 3 is 1.54 bits per heavy atom. The fraction of sp³-hybridized carbons (Fsp3) is 0.308. The summed E-state index contributed by atoms with van der Waals surface area (Å²) in [5.74, 6) is -0.634. The SMILES string of the molecule is Cc1ccc([S+](c2ccc(OC(C(F)(F)F)C(F)(F)S(=O)(=O)O)cc2)c2ccc(C(C)(C)C)cc2)cc1. The third-order valence-corrected chi connectivity index (χ3v) is 8.61. The van der Waals surface area contributed by atoms with Gasteiger partial charge < -0.3 is 4.74 Å². The summed E-state index contributed by atoms with van der Waals surface area (Å²) in [5, 5.41) is -5.61. The van der Waals surface area contributed by atoms with Crippen LogP contribution in [0.3, 0.4) is 0 Å². The molecule has 0 aliphatic carbocycles. The average molecular weight is 562 g/mol. The van der Waals surface area contributed by atoms with E-state index in [9.17, 15) is 30.4 Å². The monoisotopic (exact) mass is 561 g/mol. The van der Waals surface area contributed by atoms with Crippen molar-refractivity contribution in [2.24, 2.45) is 0 Å². The molecule has 11 heteroatoms. The Hall–Kier alpha value is -2.63. The minimum Gasteiger partial charge on any atom is -0.473 e. The Morgan fingerprint density at radius 1 is 0.757 bits per heavy atom. The number of hydrogen-bond acceptors (Lipinski definition) is 3. The second-order valence-corrected chi connectivity index (χ2v) is 13.0. The summed E-state index contributed by atoms with van der Waals surface area (Å²) in [6.45, 7) is 8.19. The zero-order valence-electron chi connectivity index (χ0n) is 20.4. The van der Waals surface area contributed by atoms with E-state index in [0.29, 0.717) is 4.90 Å². The molecule has 3 rings (SSSR count). The smallest absolute Gasteiger partial charge is 0.432 e. The Kier molecular flexibility index (Phi) is 8.03. The molecule has 0 amide bonds. The lowest BCUT2D eigenvalue weighted by Crippen LogP contribution is -2.53. The van der Waals surface area contributed by atoms with Gasteiger partial charge in [-0.3, -0.25) is 4.55 Å². The summed E-state index contributed by atoms with van der Waals surface area (Å²) < 4.78 is 102. The van der Waals surface area contributed by atoms with E-state index in [-0.39, 0.29) is 5.41 Å². The number of alkyl halides is 5. The molecule has 0 radical (unpaired) electrons. The largest absolute Gasteiger partial charge is 0.473 e. The van der Waals surface area contributed by atoms with Crippen LogP contribution in [-0.2, 0) is 26.4 Å². The first kappa shape index (κ1) is 28.9. The van der Waals surface area contributed by atoms with E-state index in [1.807, 2.05) is 55.5 Å². The van der Waals surface area contributed by atoms with Crippen LogP contribution >= 0.6 is 0 Å². The third-order valence-electron chi connectivity index (χ3n) is 5.47. The minimum atomic E-state index is -6.39. The molecule has 1 N–H and O–H groups in total. The summed E-state index contributed by atoms with van der Waals surface area (Å²) >= 11 is 0. The van der Waals surface area contributed by atoms with E-state index in [4.69, 9.17) is 4.55 Å². The predicted octanol–water partition coefficient (Wildman–Crippen LogP) is 7.18. The van der Waals surface area contributed by atoms with Crippen molar-refractivity contribution in [3.05, 3.63) is 83.9 Å². The molecule has 3 aromatic rings. The zero-order valence-corrected chi connectivity index (χ0v) is 22.0. The molecule has 200 valence electrons. The molecule has 2 atom stereocenters. The fourth-order valence-electron chi connectivity index (χ4n) is 3.43. The van der Waals surface area contributed by atoms with Gasteiger partial charge in [0.25, 0.3) is 6.10 Å². The van der Waals surface area contributed by atoms with Gasteiger partial charge in [0, 0.05) is 0 Å². The van der Waals surface area contributed by atoms with Crippen LogP contribution < -0.4 is 4.74 Å². The summed E-state index contributed by atoms with van der Waals surface area (Å²) in [5.41, 5.74) is 2.08. The van der Waals surface area contributed by atoms with Crippen LogP contribution in [0, 0.1) is 6.92 Å². The first-order valence-electron chi connectivity index (χ1n) is 11.0. The molecule has 0 fully saturated rings. The quantitative estimate of drug-likeness (QED) is 0.189. The van der Waals surface area contributed by atoms with E-state index >= 15 is 0 Å². The molecule has 4 nitrogen and oxygen atoms in total. The molecule has 3 aromatic carbocycles. The van der Waals surface area contributed by atoms with Crippen molar-refractivity contribution in [1.82, 2.24) is 0 Å². The van der Waals surface area contributed by atoms with Crippen LogP contribution in [0.15, 0.2) is 87.5 Å². The summed E-state index contributed by atoms with van der Waals surface area (Å²) in [4.78, 5) is 2.52. The van der Waals surface area contributed by atoms with Gasteiger partial charge in [-0.2, -0.15) is 30.4 Å². The Bertz CT molecular complexity index is 1310. The van der Waals surface area contributed by atoms with E-state index < -0.39 is 44.3 Å². The van der Waals surface area contributed by atoms with Crippen molar-refractivity contribution >= 4 is 21.0 Å². The molecule has 0 aliphatic heterocycles. The number of benzene rings is 3. The molecule has 37 heavy (non-hydrogen) atoms. The molecule has 0 saturated heterocycles. The third kappa shape index (κ3) is 6.63. The van der Waals surface area contributed by atoms with Gasteiger partial charge in [-0.15, -0.1) is 0 Å². The molecule has 2 unspecified atom stereocenters. The first-order valence-corrected chi connectivity index (χ1v) is 13.7. The average Bonchev–Trinajstić information content (AvgIpc) is 2.78. The van der Waals surface area contributed by atoms with Gasteiger partial charge in [0.05, 0.1) is 10.9 Å². The van der Waals surface area contributed by atoms with Crippen molar-refractivity contribution in [2.45, 2.75) is 65.3 Å². The standard InChI is InChI=1S/C26H25F5O4S2/c1-17-5-11-20(12-6-17)36(21-13-7-18(8-14-21)24(2,3)4)22-15-9-19(10-16-22)35-23(25(27,28)29)26(30,31)37(32,33)34/h5-16,23H,1-4H3/p+1. The lowest BCUT2D eigenvalue weighted by Gasteiger charge is -2.26. The number of halogens is 5. The highest BCUT2D eigenvalue weighted by Crippen LogP contribution is 2.39. The van der Waals surface area contributed by atoms with Crippen molar-refractivity contribution in [3.8, 4) is 5.75 Å². The van der Waals surface area contributed by atoms with Crippen LogP contribution in [0.4, 0.5) is 22.0 Å². The Labute approximate surface area is 215 Å². The van der Waals surface area contributed by atoms with Crippen molar-refractivity contribution in [3.63, 3.8) is 0 Å². The summed E-state index contributed by atoms with van der Waals surface area (Å²) in [6.07, 6.45) is -9.87. The van der Waals surface area contributed by atoms with Gasteiger partial charge in [0.1, 0.15) is 5.75 Å². The maximum absolute atomic E-state index is 13.9. The first-order chi connectivity index (χ1) is 16.9. The summed E-state index contributed by atoms with van der Waals surface area (Å²) in [6, 6.07) is 20.7. The number of rotatable bonds is 7. The molecule has 0 aromatic heterocycles. The molecule has 0 saturated carbocycles. The highest BCUT2D eigenvalue weighted by Gasteiger charge is 2.65.